The Labute approximate surface area is 98.0 Å². The van der Waals surface area contributed by atoms with Gasteiger partial charge in [-0.2, -0.15) is 0 Å². The van der Waals surface area contributed by atoms with Crippen LogP contribution in [-0.4, -0.2) is 20.4 Å². The highest BCUT2D eigenvalue weighted by molar-refractivity contribution is 7.94. The molecular formula is C11H15NO3S. The van der Waals surface area contributed by atoms with Crippen molar-refractivity contribution in [3.05, 3.63) is 29.8 Å². The van der Waals surface area contributed by atoms with E-state index in [1.165, 1.54) is 6.07 Å². The fraction of sp³-hybridized carbons (Fsp3) is 0.364. The first-order valence-electron chi connectivity index (χ1n) is 4.83. The molecule has 0 amide bonds. The first-order valence-corrected chi connectivity index (χ1v) is 5.98. The average molecular weight is 241 g/mol. The molecule has 1 atom stereocenters. The van der Waals surface area contributed by atoms with Gasteiger partial charge in [0.05, 0.1) is 22.6 Å². The zero-order chi connectivity index (χ0) is 12.3. The van der Waals surface area contributed by atoms with E-state index in [1.807, 2.05) is 20.8 Å². The monoisotopic (exact) mass is 241 g/mol. The van der Waals surface area contributed by atoms with Gasteiger partial charge in [0.15, 0.2) is 0 Å². The quantitative estimate of drug-likeness (QED) is 0.796. The molecule has 0 saturated heterocycles. The zero-order valence-corrected chi connectivity index (χ0v) is 10.3. The summed E-state index contributed by atoms with van der Waals surface area (Å²) in [5.74, 6) is -1.03. The number of para-hydroxylation sites is 1. The van der Waals surface area contributed by atoms with Crippen LogP contribution < -0.4 is 4.72 Å². The third kappa shape index (κ3) is 3.15. The largest absolute Gasteiger partial charge is 0.593 e. The van der Waals surface area contributed by atoms with Crippen LogP contribution in [0.3, 0.4) is 0 Å². The SMILES string of the molecule is CC(C)(C)[S@@+]([O-])Nc1ccccc1C(=O)O. The molecule has 0 bridgehead atoms. The number of aromatic carboxylic acids is 1. The summed E-state index contributed by atoms with van der Waals surface area (Å²) in [5.41, 5.74) is 0.503. The van der Waals surface area contributed by atoms with Crippen LogP contribution in [0.1, 0.15) is 31.1 Å². The molecule has 5 heteroatoms. The summed E-state index contributed by atoms with van der Waals surface area (Å²) in [4.78, 5) is 10.9. The fourth-order valence-corrected chi connectivity index (χ4v) is 1.70. The molecule has 2 N–H and O–H groups in total. The molecule has 4 nitrogen and oxygen atoms in total. The lowest BCUT2D eigenvalue weighted by Gasteiger charge is -2.24. The van der Waals surface area contributed by atoms with Crippen LogP contribution in [-0.2, 0) is 11.4 Å². The van der Waals surface area contributed by atoms with Gasteiger partial charge in [0, 0.05) is 0 Å². The summed E-state index contributed by atoms with van der Waals surface area (Å²) in [7, 11) is 0. The molecule has 16 heavy (non-hydrogen) atoms. The molecule has 1 rings (SSSR count). The van der Waals surface area contributed by atoms with E-state index in [1.54, 1.807) is 18.2 Å². The summed E-state index contributed by atoms with van der Waals surface area (Å²) >= 11 is -1.33. The second-order valence-electron chi connectivity index (χ2n) is 4.33. The van der Waals surface area contributed by atoms with Gasteiger partial charge in [0.1, 0.15) is 4.75 Å². The Morgan fingerprint density at radius 1 is 1.38 bits per heavy atom. The van der Waals surface area contributed by atoms with Crippen LogP contribution in [0.25, 0.3) is 0 Å². The Kier molecular flexibility index (Phi) is 3.83. The lowest BCUT2D eigenvalue weighted by atomic mass is 10.2. The molecule has 88 valence electrons. The number of hydrogen-bond donors (Lipinski definition) is 2. The van der Waals surface area contributed by atoms with E-state index < -0.39 is 22.1 Å². The molecular weight excluding hydrogens is 226 g/mol. The average Bonchev–Trinajstić information content (AvgIpc) is 2.16. The van der Waals surface area contributed by atoms with E-state index in [2.05, 4.69) is 4.72 Å². The fourth-order valence-electron chi connectivity index (χ4n) is 1.01. The molecule has 0 aliphatic heterocycles. The summed E-state index contributed by atoms with van der Waals surface area (Å²) in [6.07, 6.45) is 0. The molecule has 0 aliphatic rings. The standard InChI is InChI=1S/C11H15NO3S/c1-11(2,3)16(15)12-9-7-5-4-6-8(9)10(13)14/h4-7,12H,1-3H3,(H,13,14)/t16-/m1/s1. The number of hydrogen-bond acceptors (Lipinski definition) is 3. The molecule has 0 aliphatic carbocycles. The van der Waals surface area contributed by atoms with E-state index >= 15 is 0 Å². The van der Waals surface area contributed by atoms with Crippen molar-refractivity contribution >= 4 is 23.0 Å². The first kappa shape index (κ1) is 12.9. The molecule has 0 spiro atoms. The number of carbonyl (C=O) groups is 1. The maximum atomic E-state index is 11.8. The van der Waals surface area contributed by atoms with Crippen LogP contribution in [0.4, 0.5) is 5.69 Å². The van der Waals surface area contributed by atoms with Crippen molar-refractivity contribution in [3.63, 3.8) is 0 Å². The van der Waals surface area contributed by atoms with Gasteiger partial charge in [-0.3, -0.25) is 0 Å². The van der Waals surface area contributed by atoms with Crippen LogP contribution in [0.5, 0.6) is 0 Å². The second kappa shape index (κ2) is 4.76. The summed E-state index contributed by atoms with van der Waals surface area (Å²) in [5, 5.41) is 8.94. The van der Waals surface area contributed by atoms with Gasteiger partial charge in [-0.15, -0.1) is 0 Å². The lowest BCUT2D eigenvalue weighted by molar-refractivity contribution is 0.0698. The third-order valence-electron chi connectivity index (χ3n) is 1.92. The van der Waals surface area contributed by atoms with E-state index in [0.29, 0.717) is 5.69 Å². The zero-order valence-electron chi connectivity index (χ0n) is 9.48. The molecule has 0 saturated carbocycles. The predicted molar refractivity (Wildman–Crippen MR) is 64.9 cm³/mol. The van der Waals surface area contributed by atoms with Crippen molar-refractivity contribution in [1.82, 2.24) is 0 Å². The van der Waals surface area contributed by atoms with Crippen molar-refractivity contribution in [2.75, 3.05) is 4.72 Å². The van der Waals surface area contributed by atoms with Crippen molar-refractivity contribution in [2.45, 2.75) is 25.5 Å². The Bertz CT molecular complexity index is 387. The van der Waals surface area contributed by atoms with Crippen molar-refractivity contribution in [3.8, 4) is 0 Å². The van der Waals surface area contributed by atoms with Crippen molar-refractivity contribution in [1.29, 1.82) is 0 Å². The van der Waals surface area contributed by atoms with Gasteiger partial charge in [-0.05, 0) is 32.9 Å². The molecule has 0 unspecified atom stereocenters. The van der Waals surface area contributed by atoms with Crippen LogP contribution in [0.2, 0.25) is 0 Å². The minimum atomic E-state index is -1.33. The molecule has 0 radical (unpaired) electrons. The normalized spacial score (nSPS) is 13.2. The van der Waals surface area contributed by atoms with E-state index in [9.17, 15) is 9.35 Å². The Balaban J connectivity index is 2.93. The highest BCUT2D eigenvalue weighted by atomic mass is 32.2. The van der Waals surface area contributed by atoms with E-state index in [0.717, 1.165) is 0 Å². The summed E-state index contributed by atoms with van der Waals surface area (Å²) in [6.45, 7) is 5.46. The Hall–Kier alpha value is -1.20. The summed E-state index contributed by atoms with van der Waals surface area (Å²) in [6, 6.07) is 6.42. The minimum absolute atomic E-state index is 0.125. The number of nitrogens with one attached hydrogen (secondary N) is 1. The number of benzene rings is 1. The van der Waals surface area contributed by atoms with Crippen LogP contribution >= 0.6 is 0 Å². The molecule has 0 heterocycles. The van der Waals surface area contributed by atoms with Gasteiger partial charge in [-0.25, -0.2) is 9.52 Å². The van der Waals surface area contributed by atoms with Gasteiger partial charge in [0.25, 0.3) is 0 Å². The third-order valence-corrected chi connectivity index (χ3v) is 3.43. The number of rotatable bonds is 3. The van der Waals surface area contributed by atoms with Gasteiger partial charge in [-0.1, -0.05) is 12.1 Å². The summed E-state index contributed by atoms with van der Waals surface area (Å²) < 4.78 is 14.1. The smallest absolute Gasteiger partial charge is 0.337 e. The van der Waals surface area contributed by atoms with Crippen LogP contribution in [0, 0.1) is 0 Å². The van der Waals surface area contributed by atoms with Gasteiger partial charge >= 0.3 is 5.97 Å². The first-order chi connectivity index (χ1) is 7.32. The Morgan fingerprint density at radius 3 is 2.44 bits per heavy atom. The van der Waals surface area contributed by atoms with Gasteiger partial charge < -0.3 is 9.66 Å². The maximum Gasteiger partial charge on any atom is 0.337 e. The van der Waals surface area contributed by atoms with Crippen molar-refractivity contribution < 1.29 is 14.5 Å². The molecule has 1 aromatic rings. The topological polar surface area (TPSA) is 72.4 Å². The Morgan fingerprint density at radius 2 is 1.94 bits per heavy atom. The number of carboxylic acids is 1. The van der Waals surface area contributed by atoms with E-state index in [4.69, 9.17) is 5.11 Å². The maximum absolute atomic E-state index is 11.8. The second-order valence-corrected chi connectivity index (χ2v) is 6.30. The molecule has 0 aromatic heterocycles. The van der Waals surface area contributed by atoms with Crippen LogP contribution in [0.15, 0.2) is 24.3 Å². The predicted octanol–water partition coefficient (Wildman–Crippen LogP) is 2.26. The molecule has 0 fully saturated rings. The number of anilines is 1. The highest BCUT2D eigenvalue weighted by Crippen LogP contribution is 2.22. The van der Waals surface area contributed by atoms with E-state index in [-0.39, 0.29) is 5.56 Å². The van der Waals surface area contributed by atoms with Gasteiger partial charge in [0.2, 0.25) is 0 Å². The number of carboxylic acid groups (broad SMARTS) is 1. The van der Waals surface area contributed by atoms with Crippen molar-refractivity contribution in [2.24, 2.45) is 0 Å². The lowest BCUT2D eigenvalue weighted by Crippen LogP contribution is -2.34. The molecule has 1 aromatic carbocycles. The highest BCUT2D eigenvalue weighted by Gasteiger charge is 2.27. The minimum Gasteiger partial charge on any atom is -0.593 e.